The van der Waals surface area contributed by atoms with Gasteiger partial charge in [-0.25, -0.2) is 12.7 Å². The molecule has 1 atom stereocenters. The largest absolute Gasteiger partial charge is 0.348 e. The van der Waals surface area contributed by atoms with E-state index in [0.717, 1.165) is 5.56 Å². The SMILES string of the molecule is C[C@@H](NC(=O)CN1C(=O)c2ccccc2S1(=O)=O)c1ccc(Cl)cc1. The quantitative estimate of drug-likeness (QED) is 0.885. The molecule has 0 unspecified atom stereocenters. The lowest BCUT2D eigenvalue weighted by Crippen LogP contribution is -2.41. The van der Waals surface area contributed by atoms with E-state index < -0.39 is 28.4 Å². The van der Waals surface area contributed by atoms with Gasteiger partial charge in [-0.05, 0) is 36.8 Å². The van der Waals surface area contributed by atoms with Gasteiger partial charge < -0.3 is 5.32 Å². The van der Waals surface area contributed by atoms with Crippen LogP contribution in [-0.2, 0) is 14.8 Å². The number of benzene rings is 2. The van der Waals surface area contributed by atoms with Gasteiger partial charge in [0.1, 0.15) is 11.4 Å². The fraction of sp³-hybridized carbons (Fsp3) is 0.176. The third-order valence-corrected chi connectivity index (χ3v) is 5.99. The molecule has 6 nitrogen and oxygen atoms in total. The molecular formula is C17H15ClN2O4S. The summed E-state index contributed by atoms with van der Waals surface area (Å²) in [4.78, 5) is 24.5. The number of hydrogen-bond donors (Lipinski definition) is 1. The lowest BCUT2D eigenvalue weighted by atomic mass is 10.1. The molecule has 0 bridgehead atoms. The van der Waals surface area contributed by atoms with E-state index in [1.165, 1.54) is 18.2 Å². The van der Waals surface area contributed by atoms with Crippen LogP contribution in [0.15, 0.2) is 53.4 Å². The Kier molecular flexibility index (Phi) is 4.53. The van der Waals surface area contributed by atoms with Crippen molar-refractivity contribution in [1.29, 1.82) is 0 Å². The topological polar surface area (TPSA) is 83.6 Å². The van der Waals surface area contributed by atoms with E-state index in [1.54, 1.807) is 37.3 Å². The fourth-order valence-electron chi connectivity index (χ4n) is 2.64. The number of halogens is 1. The summed E-state index contributed by atoms with van der Waals surface area (Å²) in [7, 11) is -3.99. The number of sulfonamides is 1. The zero-order valence-corrected chi connectivity index (χ0v) is 14.8. The summed E-state index contributed by atoms with van der Waals surface area (Å²) in [6, 6.07) is 12.5. The lowest BCUT2D eigenvalue weighted by Gasteiger charge is -2.18. The van der Waals surface area contributed by atoms with Gasteiger partial charge in [-0.15, -0.1) is 0 Å². The first-order valence-electron chi connectivity index (χ1n) is 7.51. The third-order valence-electron chi connectivity index (χ3n) is 3.95. The highest BCUT2D eigenvalue weighted by Gasteiger charge is 2.41. The molecule has 2 aromatic carbocycles. The van der Waals surface area contributed by atoms with Crippen molar-refractivity contribution in [2.45, 2.75) is 17.9 Å². The molecule has 1 aliphatic heterocycles. The van der Waals surface area contributed by atoms with E-state index in [1.807, 2.05) is 0 Å². The lowest BCUT2D eigenvalue weighted by molar-refractivity contribution is -0.121. The van der Waals surface area contributed by atoms with Crippen molar-refractivity contribution in [2.24, 2.45) is 0 Å². The van der Waals surface area contributed by atoms with Crippen molar-refractivity contribution in [3.05, 3.63) is 64.7 Å². The average molecular weight is 379 g/mol. The molecule has 0 aliphatic carbocycles. The summed E-state index contributed by atoms with van der Waals surface area (Å²) in [5.74, 6) is -1.25. The van der Waals surface area contributed by atoms with E-state index in [2.05, 4.69) is 5.32 Å². The highest BCUT2D eigenvalue weighted by Crippen LogP contribution is 2.29. The fourth-order valence-corrected chi connectivity index (χ4v) is 4.29. The molecule has 1 heterocycles. The number of fused-ring (bicyclic) bond motifs is 1. The Hall–Kier alpha value is -2.38. The minimum absolute atomic E-state index is 0.0708. The highest BCUT2D eigenvalue weighted by atomic mass is 35.5. The maximum absolute atomic E-state index is 12.4. The molecule has 130 valence electrons. The van der Waals surface area contributed by atoms with E-state index in [9.17, 15) is 18.0 Å². The number of nitrogens with one attached hydrogen (secondary N) is 1. The third kappa shape index (κ3) is 3.25. The molecule has 1 N–H and O–H groups in total. The van der Waals surface area contributed by atoms with Gasteiger partial charge in [0.2, 0.25) is 5.91 Å². The Morgan fingerprint density at radius 3 is 2.44 bits per heavy atom. The number of nitrogens with zero attached hydrogens (tertiary/aromatic N) is 1. The van der Waals surface area contributed by atoms with Crippen LogP contribution in [0.3, 0.4) is 0 Å². The Labute approximate surface area is 150 Å². The molecule has 2 amide bonds. The van der Waals surface area contributed by atoms with E-state index in [0.29, 0.717) is 9.33 Å². The second-order valence-electron chi connectivity index (χ2n) is 5.65. The van der Waals surface area contributed by atoms with Crippen molar-refractivity contribution >= 4 is 33.4 Å². The molecule has 3 rings (SSSR count). The van der Waals surface area contributed by atoms with Crippen molar-refractivity contribution in [1.82, 2.24) is 9.62 Å². The average Bonchev–Trinajstić information content (AvgIpc) is 2.77. The van der Waals surface area contributed by atoms with Crippen molar-refractivity contribution in [3.63, 3.8) is 0 Å². The minimum atomic E-state index is -3.99. The molecule has 2 aromatic rings. The normalized spacial score (nSPS) is 16.4. The van der Waals surface area contributed by atoms with Gasteiger partial charge in [0.15, 0.2) is 0 Å². The molecular weight excluding hydrogens is 364 g/mol. The summed E-state index contributed by atoms with van der Waals surface area (Å²) < 4.78 is 25.5. The van der Waals surface area contributed by atoms with Crippen LogP contribution < -0.4 is 5.32 Å². The van der Waals surface area contributed by atoms with E-state index in [-0.39, 0.29) is 16.5 Å². The van der Waals surface area contributed by atoms with Crippen LogP contribution >= 0.6 is 11.6 Å². The van der Waals surface area contributed by atoms with Gasteiger partial charge in [-0.2, -0.15) is 0 Å². The van der Waals surface area contributed by atoms with Crippen LogP contribution in [-0.4, -0.2) is 31.1 Å². The smallest absolute Gasteiger partial charge is 0.269 e. The predicted molar refractivity (Wildman–Crippen MR) is 92.7 cm³/mol. The number of amides is 2. The first-order valence-corrected chi connectivity index (χ1v) is 9.33. The van der Waals surface area contributed by atoms with Crippen molar-refractivity contribution in [3.8, 4) is 0 Å². The Bertz CT molecular complexity index is 941. The van der Waals surface area contributed by atoms with Gasteiger partial charge in [-0.1, -0.05) is 35.9 Å². The molecule has 0 spiro atoms. The van der Waals surface area contributed by atoms with Gasteiger partial charge in [0, 0.05) is 5.02 Å². The van der Waals surface area contributed by atoms with Crippen LogP contribution in [0, 0.1) is 0 Å². The van der Waals surface area contributed by atoms with Crippen LogP contribution in [0.25, 0.3) is 0 Å². The van der Waals surface area contributed by atoms with Crippen LogP contribution in [0.1, 0.15) is 28.9 Å². The maximum atomic E-state index is 12.4. The highest BCUT2D eigenvalue weighted by molar-refractivity contribution is 7.90. The first-order chi connectivity index (χ1) is 11.8. The molecule has 0 radical (unpaired) electrons. The zero-order chi connectivity index (χ0) is 18.2. The standard InChI is InChI=1S/C17H15ClN2O4S/c1-11(12-6-8-13(18)9-7-12)19-16(21)10-20-17(22)14-4-2-3-5-15(14)25(20,23)24/h2-9,11H,10H2,1H3,(H,19,21)/t11-/m1/s1. The maximum Gasteiger partial charge on any atom is 0.269 e. The van der Waals surface area contributed by atoms with Crippen LogP contribution in [0.5, 0.6) is 0 Å². The molecule has 0 saturated heterocycles. The van der Waals surface area contributed by atoms with Crippen LogP contribution in [0.4, 0.5) is 0 Å². The van der Waals surface area contributed by atoms with Gasteiger partial charge in [0.25, 0.3) is 15.9 Å². The Morgan fingerprint density at radius 2 is 1.80 bits per heavy atom. The Balaban J connectivity index is 1.73. The number of hydrogen-bond acceptors (Lipinski definition) is 4. The molecule has 0 fully saturated rings. The molecule has 1 aliphatic rings. The number of rotatable bonds is 4. The van der Waals surface area contributed by atoms with Crippen molar-refractivity contribution < 1.29 is 18.0 Å². The summed E-state index contributed by atoms with van der Waals surface area (Å²) in [5, 5.41) is 3.26. The van der Waals surface area contributed by atoms with Crippen LogP contribution in [0.2, 0.25) is 5.02 Å². The number of carbonyl (C=O) groups is 2. The molecule has 25 heavy (non-hydrogen) atoms. The van der Waals surface area contributed by atoms with Crippen molar-refractivity contribution in [2.75, 3.05) is 6.54 Å². The van der Waals surface area contributed by atoms with E-state index in [4.69, 9.17) is 11.6 Å². The molecule has 8 heteroatoms. The summed E-state index contributed by atoms with van der Waals surface area (Å²) in [5.41, 5.74) is 0.901. The Morgan fingerprint density at radius 1 is 1.16 bits per heavy atom. The number of carbonyl (C=O) groups excluding carboxylic acids is 2. The summed E-state index contributed by atoms with van der Waals surface area (Å²) in [6.45, 7) is 1.20. The molecule has 0 aromatic heterocycles. The van der Waals surface area contributed by atoms with Gasteiger partial charge >= 0.3 is 0 Å². The first kappa shape index (κ1) is 17.4. The monoisotopic (exact) mass is 378 g/mol. The minimum Gasteiger partial charge on any atom is -0.348 e. The van der Waals surface area contributed by atoms with Gasteiger partial charge in [0.05, 0.1) is 11.6 Å². The van der Waals surface area contributed by atoms with E-state index >= 15 is 0 Å². The summed E-state index contributed by atoms with van der Waals surface area (Å²) >= 11 is 5.83. The predicted octanol–water partition coefficient (Wildman–Crippen LogP) is 2.36. The van der Waals surface area contributed by atoms with Gasteiger partial charge in [-0.3, -0.25) is 9.59 Å². The summed E-state index contributed by atoms with van der Waals surface area (Å²) in [6.07, 6.45) is 0. The second-order valence-corrected chi connectivity index (χ2v) is 7.92. The second kappa shape index (κ2) is 6.50. The zero-order valence-electron chi connectivity index (χ0n) is 13.3. The molecule has 0 saturated carbocycles.